The largest absolute Gasteiger partial charge is 0.497 e. The highest BCUT2D eigenvalue weighted by molar-refractivity contribution is 7.11. The highest BCUT2D eigenvalue weighted by Gasteiger charge is 2.08. The summed E-state index contributed by atoms with van der Waals surface area (Å²) in [5.74, 6) is 1.58. The first-order valence-electron chi connectivity index (χ1n) is 6.62. The maximum absolute atomic E-state index is 9.25. The number of thiazole rings is 1. The Bertz CT molecular complexity index is 532. The third-order valence-electron chi connectivity index (χ3n) is 2.93. The lowest BCUT2D eigenvalue weighted by molar-refractivity contribution is 0.284. The minimum Gasteiger partial charge on any atom is -0.497 e. The van der Waals surface area contributed by atoms with E-state index < -0.39 is 0 Å². The molecule has 4 nitrogen and oxygen atoms in total. The SMILES string of the molecule is CCc1nc(CCOc2cccc(OC)c2)sc1CO. The van der Waals surface area contributed by atoms with E-state index in [0.717, 1.165) is 39.9 Å². The number of aliphatic hydroxyl groups excluding tert-OH is 1. The molecule has 0 bridgehead atoms. The summed E-state index contributed by atoms with van der Waals surface area (Å²) in [6, 6.07) is 7.55. The summed E-state index contributed by atoms with van der Waals surface area (Å²) in [4.78, 5) is 5.48. The maximum Gasteiger partial charge on any atom is 0.123 e. The lowest BCUT2D eigenvalue weighted by atomic mass is 10.3. The molecule has 0 saturated carbocycles. The van der Waals surface area contributed by atoms with E-state index in [1.54, 1.807) is 18.4 Å². The summed E-state index contributed by atoms with van der Waals surface area (Å²) < 4.78 is 10.8. The summed E-state index contributed by atoms with van der Waals surface area (Å²) in [5.41, 5.74) is 0.994. The molecule has 0 fully saturated rings. The number of aliphatic hydroxyl groups is 1. The van der Waals surface area contributed by atoms with Gasteiger partial charge in [-0.1, -0.05) is 13.0 Å². The van der Waals surface area contributed by atoms with Crippen molar-refractivity contribution in [3.05, 3.63) is 39.8 Å². The van der Waals surface area contributed by atoms with Gasteiger partial charge in [-0.05, 0) is 18.6 Å². The summed E-state index contributed by atoms with van der Waals surface area (Å²) in [5, 5.41) is 10.3. The van der Waals surface area contributed by atoms with Crippen LogP contribution in [0.3, 0.4) is 0 Å². The standard InChI is InChI=1S/C15H19NO3S/c1-3-13-14(10-17)20-15(16-13)7-8-19-12-6-4-5-11(9-12)18-2/h4-6,9,17H,3,7-8,10H2,1-2H3. The first-order valence-corrected chi connectivity index (χ1v) is 7.43. The number of ether oxygens (including phenoxy) is 2. The first kappa shape index (κ1) is 14.8. The second-order valence-electron chi connectivity index (χ2n) is 4.27. The maximum atomic E-state index is 9.25. The Labute approximate surface area is 123 Å². The zero-order valence-corrected chi connectivity index (χ0v) is 12.6. The Morgan fingerprint density at radius 1 is 1.30 bits per heavy atom. The van der Waals surface area contributed by atoms with E-state index in [4.69, 9.17) is 9.47 Å². The monoisotopic (exact) mass is 293 g/mol. The summed E-state index contributed by atoms with van der Waals surface area (Å²) in [6.07, 6.45) is 1.60. The molecule has 2 aromatic rings. The van der Waals surface area contributed by atoms with Gasteiger partial charge in [0.15, 0.2) is 0 Å². The van der Waals surface area contributed by atoms with Crippen molar-refractivity contribution in [1.82, 2.24) is 4.98 Å². The average Bonchev–Trinajstić information content (AvgIpc) is 2.90. The molecule has 0 aliphatic carbocycles. The molecule has 0 atom stereocenters. The van der Waals surface area contributed by atoms with Gasteiger partial charge in [0.1, 0.15) is 11.5 Å². The van der Waals surface area contributed by atoms with Crippen molar-refractivity contribution in [2.24, 2.45) is 0 Å². The summed E-state index contributed by atoms with van der Waals surface area (Å²) in [6.45, 7) is 2.68. The van der Waals surface area contributed by atoms with Crippen LogP contribution in [0.15, 0.2) is 24.3 Å². The molecule has 1 aromatic heterocycles. The van der Waals surface area contributed by atoms with E-state index in [1.165, 1.54) is 0 Å². The molecule has 1 aromatic carbocycles. The quantitative estimate of drug-likeness (QED) is 0.853. The third kappa shape index (κ3) is 3.71. The number of aryl methyl sites for hydroxylation is 1. The van der Waals surface area contributed by atoms with Gasteiger partial charge in [-0.25, -0.2) is 4.98 Å². The predicted octanol–water partition coefficient (Wildman–Crippen LogP) is 2.83. The van der Waals surface area contributed by atoms with Gasteiger partial charge in [0, 0.05) is 12.5 Å². The van der Waals surface area contributed by atoms with Crippen molar-refractivity contribution in [3.63, 3.8) is 0 Å². The van der Waals surface area contributed by atoms with Crippen molar-refractivity contribution < 1.29 is 14.6 Å². The molecule has 0 spiro atoms. The highest BCUT2D eigenvalue weighted by Crippen LogP contribution is 2.21. The van der Waals surface area contributed by atoms with Crippen LogP contribution in [0.4, 0.5) is 0 Å². The van der Waals surface area contributed by atoms with Crippen LogP contribution in [0, 0.1) is 0 Å². The average molecular weight is 293 g/mol. The van der Waals surface area contributed by atoms with Crippen LogP contribution in [0.1, 0.15) is 22.5 Å². The molecule has 5 heteroatoms. The number of rotatable bonds is 7. The van der Waals surface area contributed by atoms with Crippen LogP contribution in [0.5, 0.6) is 11.5 Å². The van der Waals surface area contributed by atoms with Crippen LogP contribution >= 0.6 is 11.3 Å². The van der Waals surface area contributed by atoms with Gasteiger partial charge in [0.25, 0.3) is 0 Å². The van der Waals surface area contributed by atoms with E-state index >= 15 is 0 Å². The molecule has 0 saturated heterocycles. The fourth-order valence-corrected chi connectivity index (χ4v) is 2.89. The Morgan fingerprint density at radius 2 is 2.10 bits per heavy atom. The van der Waals surface area contributed by atoms with Gasteiger partial charge < -0.3 is 14.6 Å². The minimum atomic E-state index is 0.0670. The van der Waals surface area contributed by atoms with E-state index in [9.17, 15) is 5.11 Å². The number of hydrogen-bond donors (Lipinski definition) is 1. The van der Waals surface area contributed by atoms with Crippen molar-refractivity contribution in [3.8, 4) is 11.5 Å². The predicted molar refractivity (Wildman–Crippen MR) is 79.6 cm³/mol. The number of hydrogen-bond acceptors (Lipinski definition) is 5. The van der Waals surface area contributed by atoms with Crippen molar-refractivity contribution in [2.75, 3.05) is 13.7 Å². The van der Waals surface area contributed by atoms with Crippen molar-refractivity contribution in [1.29, 1.82) is 0 Å². The molecule has 1 N–H and O–H groups in total. The lowest BCUT2D eigenvalue weighted by Crippen LogP contribution is -2.01. The first-order chi connectivity index (χ1) is 9.76. The van der Waals surface area contributed by atoms with E-state index in [1.807, 2.05) is 31.2 Å². The molecule has 0 unspecified atom stereocenters. The zero-order chi connectivity index (χ0) is 14.4. The lowest BCUT2D eigenvalue weighted by Gasteiger charge is -2.06. The van der Waals surface area contributed by atoms with Crippen LogP contribution in [0.25, 0.3) is 0 Å². The van der Waals surface area contributed by atoms with Crippen LogP contribution < -0.4 is 9.47 Å². The third-order valence-corrected chi connectivity index (χ3v) is 4.07. The summed E-state index contributed by atoms with van der Waals surface area (Å²) in [7, 11) is 1.64. The molecule has 1 heterocycles. The van der Waals surface area contributed by atoms with Gasteiger partial charge >= 0.3 is 0 Å². The molecule has 0 amide bonds. The molecule has 0 aliphatic heterocycles. The summed E-state index contributed by atoms with van der Waals surface area (Å²) >= 11 is 1.56. The molecule has 108 valence electrons. The zero-order valence-electron chi connectivity index (χ0n) is 11.8. The molecule has 2 rings (SSSR count). The van der Waals surface area contributed by atoms with E-state index in [0.29, 0.717) is 6.61 Å². The highest BCUT2D eigenvalue weighted by atomic mass is 32.1. The molecule has 0 radical (unpaired) electrons. The van der Waals surface area contributed by atoms with Crippen molar-refractivity contribution >= 4 is 11.3 Å². The number of methoxy groups -OCH3 is 1. The van der Waals surface area contributed by atoms with Gasteiger partial charge in [-0.2, -0.15) is 0 Å². The number of benzene rings is 1. The Hall–Kier alpha value is -1.59. The second kappa shape index (κ2) is 7.26. The molecule has 0 aliphatic rings. The molecular weight excluding hydrogens is 274 g/mol. The van der Waals surface area contributed by atoms with Crippen LogP contribution in [0.2, 0.25) is 0 Å². The molecular formula is C15H19NO3S. The smallest absolute Gasteiger partial charge is 0.123 e. The molecule has 20 heavy (non-hydrogen) atoms. The Morgan fingerprint density at radius 3 is 2.75 bits per heavy atom. The van der Waals surface area contributed by atoms with Gasteiger partial charge in [0.2, 0.25) is 0 Å². The fourth-order valence-electron chi connectivity index (χ4n) is 1.89. The Balaban J connectivity index is 1.90. The van der Waals surface area contributed by atoms with E-state index in [-0.39, 0.29) is 6.61 Å². The number of aromatic nitrogens is 1. The van der Waals surface area contributed by atoms with Gasteiger partial charge in [-0.3, -0.25) is 0 Å². The van der Waals surface area contributed by atoms with Crippen LogP contribution in [-0.2, 0) is 19.4 Å². The minimum absolute atomic E-state index is 0.0670. The van der Waals surface area contributed by atoms with Crippen molar-refractivity contribution in [2.45, 2.75) is 26.4 Å². The van der Waals surface area contributed by atoms with Gasteiger partial charge in [-0.15, -0.1) is 11.3 Å². The van der Waals surface area contributed by atoms with Crippen LogP contribution in [-0.4, -0.2) is 23.8 Å². The number of nitrogens with zero attached hydrogens (tertiary/aromatic N) is 1. The fraction of sp³-hybridized carbons (Fsp3) is 0.400. The second-order valence-corrected chi connectivity index (χ2v) is 5.43. The Kier molecular flexibility index (Phi) is 5.38. The van der Waals surface area contributed by atoms with Gasteiger partial charge in [0.05, 0.1) is 35.9 Å². The van der Waals surface area contributed by atoms with E-state index in [2.05, 4.69) is 4.98 Å². The topological polar surface area (TPSA) is 51.6 Å². The normalized spacial score (nSPS) is 10.6.